The fourth-order valence-electron chi connectivity index (χ4n) is 2.51. The Bertz CT molecular complexity index is 871. The lowest BCUT2D eigenvalue weighted by Crippen LogP contribution is -2.09. The molecule has 1 aliphatic rings. The average Bonchev–Trinajstić information content (AvgIpc) is 2.89. The first kappa shape index (κ1) is 16.6. The summed E-state index contributed by atoms with van der Waals surface area (Å²) in [5, 5.41) is 3.41. The molecule has 4 nitrogen and oxygen atoms in total. The van der Waals surface area contributed by atoms with Crippen LogP contribution in [0.5, 0.6) is 0 Å². The maximum atomic E-state index is 12.5. The molecule has 1 amide bonds. The summed E-state index contributed by atoms with van der Waals surface area (Å²) < 4.78 is 0. The predicted octanol–water partition coefficient (Wildman–Crippen LogP) is 4.28. The molecule has 0 bridgehead atoms. The standard InChI is InChI=1S/C18H14Cl2N2O2/c1-22(2)11-5-3-10(4-6-11)15(23)9-12-16-13(19)7-8-14(20)17(16)21-18(12)24/h3-9H,1-2H3,(H,21,24)/b12-9+. The zero-order valence-corrected chi connectivity index (χ0v) is 14.6. The Morgan fingerprint density at radius 1 is 1.04 bits per heavy atom. The van der Waals surface area contributed by atoms with E-state index in [1.165, 1.54) is 6.08 Å². The fraction of sp³-hybridized carbons (Fsp3) is 0.111. The summed E-state index contributed by atoms with van der Waals surface area (Å²) in [7, 11) is 3.84. The van der Waals surface area contributed by atoms with Gasteiger partial charge in [-0.25, -0.2) is 0 Å². The van der Waals surface area contributed by atoms with Crippen LogP contribution < -0.4 is 10.2 Å². The van der Waals surface area contributed by atoms with Crippen molar-refractivity contribution in [3.63, 3.8) is 0 Å². The first-order chi connectivity index (χ1) is 11.4. The van der Waals surface area contributed by atoms with Gasteiger partial charge in [0.15, 0.2) is 5.78 Å². The quantitative estimate of drug-likeness (QED) is 0.656. The van der Waals surface area contributed by atoms with Gasteiger partial charge in [0, 0.05) is 30.9 Å². The van der Waals surface area contributed by atoms with E-state index in [9.17, 15) is 9.59 Å². The van der Waals surface area contributed by atoms with Crippen LogP contribution >= 0.6 is 23.2 Å². The van der Waals surface area contributed by atoms with Crippen molar-refractivity contribution in [2.24, 2.45) is 0 Å². The van der Waals surface area contributed by atoms with Crippen LogP contribution in [0.4, 0.5) is 11.4 Å². The number of hydrogen-bond donors (Lipinski definition) is 1. The number of benzene rings is 2. The Balaban J connectivity index is 1.99. The minimum atomic E-state index is -0.390. The van der Waals surface area contributed by atoms with E-state index in [1.807, 2.05) is 31.1 Å². The number of nitrogens with one attached hydrogen (secondary N) is 1. The van der Waals surface area contributed by atoms with Crippen LogP contribution in [-0.2, 0) is 4.79 Å². The molecule has 0 saturated heterocycles. The normalized spacial score (nSPS) is 14.5. The molecule has 0 radical (unpaired) electrons. The van der Waals surface area contributed by atoms with Crippen LogP contribution in [-0.4, -0.2) is 25.8 Å². The van der Waals surface area contributed by atoms with Crippen LogP contribution in [0.25, 0.3) is 5.57 Å². The van der Waals surface area contributed by atoms with Gasteiger partial charge in [-0.05, 0) is 42.5 Å². The molecule has 0 atom stereocenters. The van der Waals surface area contributed by atoms with Crippen molar-refractivity contribution in [1.82, 2.24) is 0 Å². The van der Waals surface area contributed by atoms with Crippen LogP contribution in [0.1, 0.15) is 15.9 Å². The van der Waals surface area contributed by atoms with Gasteiger partial charge in [-0.1, -0.05) is 23.2 Å². The van der Waals surface area contributed by atoms with Crippen LogP contribution in [0.3, 0.4) is 0 Å². The SMILES string of the molecule is CN(C)c1ccc(C(=O)/C=C2/C(=O)Nc3c(Cl)ccc(Cl)c32)cc1. The summed E-state index contributed by atoms with van der Waals surface area (Å²) in [6.07, 6.45) is 1.30. The summed E-state index contributed by atoms with van der Waals surface area (Å²) in [5.41, 5.74) is 2.60. The zero-order valence-electron chi connectivity index (χ0n) is 13.1. The fourth-order valence-corrected chi connectivity index (χ4v) is 2.97. The number of halogens is 2. The highest BCUT2D eigenvalue weighted by atomic mass is 35.5. The Kier molecular flexibility index (Phi) is 4.35. The number of fused-ring (bicyclic) bond motifs is 1. The number of ketones is 1. The maximum absolute atomic E-state index is 12.5. The third-order valence-electron chi connectivity index (χ3n) is 3.80. The second-order valence-corrected chi connectivity index (χ2v) is 6.41. The van der Waals surface area contributed by atoms with Crippen LogP contribution in [0.15, 0.2) is 42.5 Å². The number of amides is 1. The van der Waals surface area contributed by atoms with E-state index in [0.717, 1.165) is 5.69 Å². The molecule has 122 valence electrons. The summed E-state index contributed by atoms with van der Waals surface area (Å²) in [6, 6.07) is 10.3. The molecule has 1 N–H and O–H groups in total. The highest BCUT2D eigenvalue weighted by molar-refractivity contribution is 6.45. The molecule has 3 rings (SSSR count). The van der Waals surface area contributed by atoms with Crippen molar-refractivity contribution < 1.29 is 9.59 Å². The van der Waals surface area contributed by atoms with Crippen molar-refractivity contribution in [3.05, 3.63) is 63.6 Å². The van der Waals surface area contributed by atoms with Gasteiger partial charge in [-0.15, -0.1) is 0 Å². The summed E-state index contributed by atoms with van der Waals surface area (Å²) >= 11 is 12.3. The second-order valence-electron chi connectivity index (χ2n) is 5.60. The lowest BCUT2D eigenvalue weighted by molar-refractivity contribution is -0.110. The van der Waals surface area contributed by atoms with Gasteiger partial charge in [0.2, 0.25) is 0 Å². The van der Waals surface area contributed by atoms with Crippen molar-refractivity contribution >= 4 is 51.8 Å². The van der Waals surface area contributed by atoms with E-state index < -0.39 is 5.91 Å². The van der Waals surface area contributed by atoms with Gasteiger partial charge < -0.3 is 10.2 Å². The molecule has 0 fully saturated rings. The minimum Gasteiger partial charge on any atom is -0.378 e. The lowest BCUT2D eigenvalue weighted by Gasteiger charge is -2.12. The number of hydrogen-bond acceptors (Lipinski definition) is 3. The minimum absolute atomic E-state index is 0.221. The first-order valence-electron chi connectivity index (χ1n) is 7.21. The molecule has 0 spiro atoms. The molecule has 0 aromatic heterocycles. The van der Waals surface area contributed by atoms with E-state index in [1.54, 1.807) is 24.3 Å². The van der Waals surface area contributed by atoms with E-state index in [2.05, 4.69) is 5.32 Å². The molecular weight excluding hydrogens is 347 g/mol. The molecule has 6 heteroatoms. The molecule has 0 saturated carbocycles. The van der Waals surface area contributed by atoms with Crippen LogP contribution in [0, 0.1) is 0 Å². The van der Waals surface area contributed by atoms with Gasteiger partial charge in [0.1, 0.15) is 0 Å². The zero-order chi connectivity index (χ0) is 17.4. The summed E-state index contributed by atoms with van der Waals surface area (Å²) in [4.78, 5) is 26.6. The molecule has 0 unspecified atom stereocenters. The number of nitrogens with zero attached hydrogens (tertiary/aromatic N) is 1. The third-order valence-corrected chi connectivity index (χ3v) is 4.43. The van der Waals surface area contributed by atoms with Crippen LogP contribution in [0.2, 0.25) is 10.0 Å². The lowest BCUT2D eigenvalue weighted by atomic mass is 10.0. The van der Waals surface area contributed by atoms with E-state index in [4.69, 9.17) is 23.2 Å². The Morgan fingerprint density at radius 3 is 2.29 bits per heavy atom. The maximum Gasteiger partial charge on any atom is 0.256 e. The number of allylic oxidation sites excluding steroid dienone is 1. The van der Waals surface area contributed by atoms with E-state index in [-0.39, 0.29) is 11.4 Å². The number of carbonyl (C=O) groups is 2. The highest BCUT2D eigenvalue weighted by Gasteiger charge is 2.29. The smallest absolute Gasteiger partial charge is 0.256 e. The number of anilines is 2. The second kappa shape index (κ2) is 6.30. The van der Waals surface area contributed by atoms with Crippen molar-refractivity contribution in [2.45, 2.75) is 0 Å². The average molecular weight is 361 g/mol. The van der Waals surface area contributed by atoms with E-state index in [0.29, 0.717) is 26.9 Å². The van der Waals surface area contributed by atoms with Gasteiger partial charge >= 0.3 is 0 Å². The molecule has 1 heterocycles. The predicted molar refractivity (Wildman–Crippen MR) is 98.2 cm³/mol. The molecule has 2 aromatic carbocycles. The van der Waals surface area contributed by atoms with E-state index >= 15 is 0 Å². The molecule has 1 aliphatic heterocycles. The molecule has 0 aliphatic carbocycles. The number of carbonyl (C=O) groups excluding carboxylic acids is 2. The van der Waals surface area contributed by atoms with Gasteiger partial charge in [0.05, 0.1) is 21.3 Å². The van der Waals surface area contributed by atoms with Crippen molar-refractivity contribution in [3.8, 4) is 0 Å². The number of rotatable bonds is 3. The summed E-state index contributed by atoms with van der Waals surface area (Å²) in [6.45, 7) is 0. The largest absolute Gasteiger partial charge is 0.378 e. The summed E-state index contributed by atoms with van der Waals surface area (Å²) in [5.74, 6) is -0.660. The molecule has 2 aromatic rings. The molecule has 24 heavy (non-hydrogen) atoms. The van der Waals surface area contributed by atoms with Gasteiger partial charge in [-0.2, -0.15) is 0 Å². The third kappa shape index (κ3) is 2.90. The Labute approximate surface area is 149 Å². The van der Waals surface area contributed by atoms with Crippen molar-refractivity contribution in [1.29, 1.82) is 0 Å². The first-order valence-corrected chi connectivity index (χ1v) is 7.97. The monoisotopic (exact) mass is 360 g/mol. The van der Waals surface area contributed by atoms with Crippen molar-refractivity contribution in [2.75, 3.05) is 24.3 Å². The Morgan fingerprint density at radius 2 is 1.67 bits per heavy atom. The van der Waals surface area contributed by atoms with Gasteiger partial charge in [-0.3, -0.25) is 9.59 Å². The molecular formula is C18H14Cl2N2O2. The topological polar surface area (TPSA) is 49.4 Å². The highest BCUT2D eigenvalue weighted by Crippen LogP contribution is 2.41. The Hall–Kier alpha value is -2.30. The van der Waals surface area contributed by atoms with Gasteiger partial charge in [0.25, 0.3) is 5.91 Å².